The second kappa shape index (κ2) is 8.12. The standard InChI is InChI=1S/C13H20S2/c14-10-4-2-1-3-5-12-6-8-13(11-15)9-7-12/h6-9,14-15H,1-5,10-11H2. The molecular formula is C13H20S2. The Bertz CT molecular complexity index is 254. The summed E-state index contributed by atoms with van der Waals surface area (Å²) in [4.78, 5) is 0. The van der Waals surface area contributed by atoms with E-state index in [-0.39, 0.29) is 0 Å². The van der Waals surface area contributed by atoms with E-state index in [4.69, 9.17) is 0 Å². The molecule has 1 rings (SSSR count). The van der Waals surface area contributed by atoms with Gasteiger partial charge in [0.1, 0.15) is 0 Å². The van der Waals surface area contributed by atoms with Gasteiger partial charge in [-0.25, -0.2) is 0 Å². The molecule has 84 valence electrons. The summed E-state index contributed by atoms with van der Waals surface area (Å²) in [5, 5.41) is 0. The monoisotopic (exact) mass is 240 g/mol. The maximum Gasteiger partial charge on any atom is 0.0154 e. The van der Waals surface area contributed by atoms with E-state index in [1.54, 1.807) is 0 Å². The third kappa shape index (κ3) is 5.53. The molecule has 2 heteroatoms. The van der Waals surface area contributed by atoms with Gasteiger partial charge in [0.25, 0.3) is 0 Å². The van der Waals surface area contributed by atoms with E-state index >= 15 is 0 Å². The van der Waals surface area contributed by atoms with Crippen LogP contribution in [-0.2, 0) is 12.2 Å². The van der Waals surface area contributed by atoms with Crippen molar-refractivity contribution in [1.29, 1.82) is 0 Å². The fourth-order valence-corrected chi connectivity index (χ4v) is 2.04. The van der Waals surface area contributed by atoms with E-state index in [2.05, 4.69) is 49.5 Å². The minimum absolute atomic E-state index is 0.836. The summed E-state index contributed by atoms with van der Waals surface area (Å²) >= 11 is 8.45. The molecule has 0 nitrogen and oxygen atoms in total. The second-order valence-electron chi connectivity index (χ2n) is 3.86. The Labute approximate surface area is 104 Å². The zero-order chi connectivity index (χ0) is 10.9. The van der Waals surface area contributed by atoms with Crippen LogP contribution >= 0.6 is 25.3 Å². The fourth-order valence-electron chi connectivity index (χ4n) is 1.61. The van der Waals surface area contributed by atoms with Gasteiger partial charge < -0.3 is 0 Å². The number of unbranched alkanes of at least 4 members (excludes halogenated alkanes) is 3. The van der Waals surface area contributed by atoms with Crippen LogP contribution in [0, 0.1) is 0 Å². The zero-order valence-electron chi connectivity index (χ0n) is 9.15. The summed E-state index contributed by atoms with van der Waals surface area (Å²) in [5.41, 5.74) is 2.75. The average molecular weight is 240 g/mol. The van der Waals surface area contributed by atoms with Gasteiger partial charge in [-0.2, -0.15) is 25.3 Å². The van der Waals surface area contributed by atoms with Crippen molar-refractivity contribution in [1.82, 2.24) is 0 Å². The van der Waals surface area contributed by atoms with Gasteiger partial charge in [-0.15, -0.1) is 0 Å². The summed E-state index contributed by atoms with van der Waals surface area (Å²) < 4.78 is 0. The van der Waals surface area contributed by atoms with Crippen LogP contribution in [0.4, 0.5) is 0 Å². The molecule has 0 unspecified atom stereocenters. The van der Waals surface area contributed by atoms with E-state index in [1.165, 1.54) is 43.2 Å². The van der Waals surface area contributed by atoms with Crippen molar-refractivity contribution in [2.45, 2.75) is 37.9 Å². The Balaban J connectivity index is 2.20. The van der Waals surface area contributed by atoms with Gasteiger partial charge in [0, 0.05) is 5.75 Å². The highest BCUT2D eigenvalue weighted by Crippen LogP contribution is 2.11. The molecule has 0 radical (unpaired) electrons. The number of aryl methyl sites for hydroxylation is 1. The largest absolute Gasteiger partial charge is 0.179 e. The lowest BCUT2D eigenvalue weighted by Crippen LogP contribution is -1.87. The summed E-state index contributed by atoms with van der Waals surface area (Å²) in [7, 11) is 0. The first-order valence-corrected chi connectivity index (χ1v) is 6.93. The second-order valence-corrected chi connectivity index (χ2v) is 4.63. The first-order chi connectivity index (χ1) is 7.36. The van der Waals surface area contributed by atoms with Crippen LogP contribution < -0.4 is 0 Å². The molecule has 0 fully saturated rings. The Morgan fingerprint density at radius 3 is 1.93 bits per heavy atom. The Morgan fingerprint density at radius 1 is 0.733 bits per heavy atom. The maximum absolute atomic E-state index is 4.25. The molecule has 0 saturated carbocycles. The average Bonchev–Trinajstić information content (AvgIpc) is 2.30. The molecule has 1 aromatic carbocycles. The molecule has 0 aliphatic carbocycles. The quantitative estimate of drug-likeness (QED) is 0.519. The topological polar surface area (TPSA) is 0 Å². The van der Waals surface area contributed by atoms with Crippen molar-refractivity contribution < 1.29 is 0 Å². The summed E-state index contributed by atoms with van der Waals surface area (Å²) in [6, 6.07) is 8.81. The minimum atomic E-state index is 0.836. The lowest BCUT2D eigenvalue weighted by atomic mass is 10.1. The highest BCUT2D eigenvalue weighted by atomic mass is 32.1. The van der Waals surface area contributed by atoms with Gasteiger partial charge in [0.2, 0.25) is 0 Å². The lowest BCUT2D eigenvalue weighted by Gasteiger charge is -2.02. The molecule has 0 heterocycles. The minimum Gasteiger partial charge on any atom is -0.179 e. The number of hydrogen-bond donors (Lipinski definition) is 2. The predicted molar refractivity (Wildman–Crippen MR) is 75.2 cm³/mol. The molecule has 0 bridgehead atoms. The third-order valence-corrected chi connectivity index (χ3v) is 3.26. The van der Waals surface area contributed by atoms with Gasteiger partial charge in [-0.1, -0.05) is 37.1 Å². The predicted octanol–water partition coefficient (Wildman–Crippen LogP) is 4.15. The summed E-state index contributed by atoms with van der Waals surface area (Å²) in [6.07, 6.45) is 6.40. The van der Waals surface area contributed by atoms with Crippen molar-refractivity contribution in [3.8, 4) is 0 Å². The molecule has 0 aliphatic rings. The van der Waals surface area contributed by atoms with Crippen molar-refractivity contribution in [2.75, 3.05) is 5.75 Å². The number of rotatable bonds is 7. The molecule has 0 saturated heterocycles. The van der Waals surface area contributed by atoms with E-state index in [1.807, 2.05) is 0 Å². The van der Waals surface area contributed by atoms with Crippen molar-refractivity contribution in [2.24, 2.45) is 0 Å². The fraction of sp³-hybridized carbons (Fsp3) is 0.538. The summed E-state index contributed by atoms with van der Waals surface area (Å²) in [6.45, 7) is 0. The van der Waals surface area contributed by atoms with Crippen molar-refractivity contribution >= 4 is 25.3 Å². The first kappa shape index (κ1) is 13.0. The highest BCUT2D eigenvalue weighted by Gasteiger charge is 1.94. The maximum atomic E-state index is 4.25. The smallest absolute Gasteiger partial charge is 0.0154 e. The molecule has 15 heavy (non-hydrogen) atoms. The zero-order valence-corrected chi connectivity index (χ0v) is 10.9. The molecule has 0 spiro atoms. The van der Waals surface area contributed by atoms with Crippen LogP contribution in [0.15, 0.2) is 24.3 Å². The van der Waals surface area contributed by atoms with E-state index in [9.17, 15) is 0 Å². The molecular weight excluding hydrogens is 220 g/mol. The first-order valence-electron chi connectivity index (χ1n) is 5.66. The van der Waals surface area contributed by atoms with Crippen LogP contribution in [0.1, 0.15) is 36.8 Å². The van der Waals surface area contributed by atoms with Gasteiger partial charge >= 0.3 is 0 Å². The summed E-state index contributed by atoms with van der Waals surface area (Å²) in [5.74, 6) is 1.86. The van der Waals surface area contributed by atoms with Crippen molar-refractivity contribution in [3.05, 3.63) is 35.4 Å². The van der Waals surface area contributed by atoms with Crippen LogP contribution in [0.2, 0.25) is 0 Å². The van der Waals surface area contributed by atoms with Crippen LogP contribution in [0.3, 0.4) is 0 Å². The van der Waals surface area contributed by atoms with Gasteiger partial charge in [-0.3, -0.25) is 0 Å². The van der Waals surface area contributed by atoms with Crippen LogP contribution in [-0.4, -0.2) is 5.75 Å². The lowest BCUT2D eigenvalue weighted by molar-refractivity contribution is 0.671. The van der Waals surface area contributed by atoms with Crippen LogP contribution in [0.25, 0.3) is 0 Å². The highest BCUT2D eigenvalue weighted by molar-refractivity contribution is 7.80. The van der Waals surface area contributed by atoms with Crippen molar-refractivity contribution in [3.63, 3.8) is 0 Å². The molecule has 0 aromatic heterocycles. The number of thiol groups is 2. The Morgan fingerprint density at radius 2 is 1.33 bits per heavy atom. The normalized spacial score (nSPS) is 10.5. The molecule has 0 atom stereocenters. The molecule has 0 aliphatic heterocycles. The third-order valence-electron chi connectivity index (χ3n) is 2.58. The Hall–Kier alpha value is -0.0800. The van der Waals surface area contributed by atoms with Gasteiger partial charge in [0.15, 0.2) is 0 Å². The number of benzene rings is 1. The molecule has 1 aromatic rings. The van der Waals surface area contributed by atoms with E-state index in [0.29, 0.717) is 0 Å². The number of hydrogen-bond acceptors (Lipinski definition) is 2. The Kier molecular flexibility index (Phi) is 7.03. The van der Waals surface area contributed by atoms with Crippen LogP contribution in [0.5, 0.6) is 0 Å². The van der Waals surface area contributed by atoms with E-state index in [0.717, 1.165) is 11.5 Å². The molecule has 0 N–H and O–H groups in total. The van der Waals surface area contributed by atoms with Gasteiger partial charge in [0.05, 0.1) is 0 Å². The van der Waals surface area contributed by atoms with E-state index < -0.39 is 0 Å². The SMILES string of the molecule is SCCCCCCc1ccc(CS)cc1. The molecule has 0 amide bonds. The van der Waals surface area contributed by atoms with Gasteiger partial charge in [-0.05, 0) is 36.1 Å².